The molecule has 1 rings (SSSR count). The lowest BCUT2D eigenvalue weighted by atomic mass is 10.1. The molecule has 4 nitrogen and oxygen atoms in total. The molecule has 0 bridgehead atoms. The summed E-state index contributed by atoms with van der Waals surface area (Å²) in [6, 6.07) is 7.48. The molecule has 0 aromatic heterocycles. The fraction of sp³-hybridized carbons (Fsp3) is 0.182. The molecule has 15 heavy (non-hydrogen) atoms. The SMILES string of the molecule is Cc1ccc(C#N)c(C#CCN=[N+]=[N-])c1. The van der Waals surface area contributed by atoms with Gasteiger partial charge in [-0.05, 0) is 30.2 Å². The first-order valence-electron chi connectivity index (χ1n) is 4.28. The number of hydrogen-bond donors (Lipinski definition) is 0. The van der Waals surface area contributed by atoms with Gasteiger partial charge in [0.25, 0.3) is 0 Å². The quantitative estimate of drug-likeness (QED) is 0.294. The largest absolute Gasteiger partial charge is 0.192 e. The maximum Gasteiger partial charge on any atom is 0.100 e. The van der Waals surface area contributed by atoms with Gasteiger partial charge in [-0.15, -0.1) is 0 Å². The van der Waals surface area contributed by atoms with Crippen molar-refractivity contribution in [3.63, 3.8) is 0 Å². The number of benzene rings is 1. The van der Waals surface area contributed by atoms with Crippen LogP contribution in [0.5, 0.6) is 0 Å². The van der Waals surface area contributed by atoms with Crippen molar-refractivity contribution in [1.82, 2.24) is 0 Å². The summed E-state index contributed by atoms with van der Waals surface area (Å²) in [7, 11) is 0. The average molecular weight is 196 g/mol. The van der Waals surface area contributed by atoms with Crippen molar-refractivity contribution in [2.24, 2.45) is 5.11 Å². The first kappa shape index (κ1) is 10.7. The smallest absolute Gasteiger partial charge is 0.100 e. The van der Waals surface area contributed by atoms with Gasteiger partial charge in [0.05, 0.1) is 12.1 Å². The predicted octanol–water partition coefficient (Wildman–Crippen LogP) is 2.53. The zero-order valence-corrected chi connectivity index (χ0v) is 8.23. The predicted molar refractivity (Wildman–Crippen MR) is 56.8 cm³/mol. The van der Waals surface area contributed by atoms with Crippen LogP contribution in [0.2, 0.25) is 0 Å². The highest BCUT2D eigenvalue weighted by Gasteiger charge is 1.97. The van der Waals surface area contributed by atoms with Gasteiger partial charge in [-0.2, -0.15) is 5.26 Å². The van der Waals surface area contributed by atoms with E-state index in [4.69, 9.17) is 10.8 Å². The lowest BCUT2D eigenvalue weighted by Crippen LogP contribution is -1.85. The van der Waals surface area contributed by atoms with Crippen LogP contribution in [0.15, 0.2) is 23.3 Å². The number of rotatable bonds is 1. The van der Waals surface area contributed by atoms with Crippen LogP contribution in [0, 0.1) is 30.1 Å². The van der Waals surface area contributed by atoms with Gasteiger partial charge in [-0.1, -0.05) is 23.0 Å². The lowest BCUT2D eigenvalue weighted by molar-refractivity contribution is 1.25. The Hall–Kier alpha value is -2.42. The van der Waals surface area contributed by atoms with E-state index in [1.54, 1.807) is 6.07 Å². The molecule has 0 N–H and O–H groups in total. The molecule has 0 radical (unpaired) electrons. The summed E-state index contributed by atoms with van der Waals surface area (Å²) in [5.41, 5.74) is 10.3. The van der Waals surface area contributed by atoms with Crippen molar-refractivity contribution in [3.8, 4) is 17.9 Å². The monoisotopic (exact) mass is 196 g/mol. The first-order chi connectivity index (χ1) is 7.27. The highest BCUT2D eigenvalue weighted by molar-refractivity contribution is 5.49. The van der Waals surface area contributed by atoms with Crippen LogP contribution in [0.25, 0.3) is 10.4 Å². The van der Waals surface area contributed by atoms with E-state index in [1.807, 2.05) is 19.1 Å². The maximum absolute atomic E-state index is 8.81. The molecule has 0 fully saturated rings. The molecule has 0 amide bonds. The third-order valence-corrected chi connectivity index (χ3v) is 1.73. The van der Waals surface area contributed by atoms with Crippen LogP contribution in [-0.2, 0) is 0 Å². The Labute approximate surface area is 87.8 Å². The second-order valence-corrected chi connectivity index (χ2v) is 2.85. The number of aryl methyl sites for hydroxylation is 1. The molecule has 0 saturated carbocycles. The van der Waals surface area contributed by atoms with Crippen LogP contribution in [-0.4, -0.2) is 6.54 Å². The summed E-state index contributed by atoms with van der Waals surface area (Å²) < 4.78 is 0. The van der Waals surface area contributed by atoms with Crippen molar-refractivity contribution in [3.05, 3.63) is 45.3 Å². The summed E-state index contributed by atoms with van der Waals surface area (Å²) in [6.07, 6.45) is 0. The summed E-state index contributed by atoms with van der Waals surface area (Å²) >= 11 is 0. The summed E-state index contributed by atoms with van der Waals surface area (Å²) in [6.45, 7) is 2.05. The summed E-state index contributed by atoms with van der Waals surface area (Å²) in [5.74, 6) is 5.49. The number of hydrogen-bond acceptors (Lipinski definition) is 2. The maximum atomic E-state index is 8.81. The zero-order valence-electron chi connectivity index (χ0n) is 8.23. The molecule has 0 aliphatic carbocycles. The molecule has 0 aliphatic heterocycles. The fourth-order valence-corrected chi connectivity index (χ4v) is 1.06. The van der Waals surface area contributed by atoms with Crippen LogP contribution in [0.3, 0.4) is 0 Å². The van der Waals surface area contributed by atoms with E-state index >= 15 is 0 Å². The minimum Gasteiger partial charge on any atom is -0.192 e. The Bertz CT molecular complexity index is 508. The average Bonchev–Trinajstić information content (AvgIpc) is 2.25. The van der Waals surface area contributed by atoms with E-state index in [0.717, 1.165) is 5.56 Å². The summed E-state index contributed by atoms with van der Waals surface area (Å²) in [4.78, 5) is 2.58. The van der Waals surface area contributed by atoms with E-state index in [-0.39, 0.29) is 6.54 Å². The molecule has 4 heteroatoms. The van der Waals surface area contributed by atoms with Gasteiger partial charge in [0, 0.05) is 10.5 Å². The fourth-order valence-electron chi connectivity index (χ4n) is 1.06. The van der Waals surface area contributed by atoms with Crippen molar-refractivity contribution < 1.29 is 0 Å². The number of azide groups is 1. The number of nitriles is 1. The standard InChI is InChI=1S/C11H8N4/c1-9-4-5-11(8-12)10(7-9)3-2-6-14-15-13/h4-5,7H,6H2,1H3. The minimum atomic E-state index is 0.120. The Kier molecular flexibility index (Phi) is 3.79. The molecule has 1 aromatic carbocycles. The summed E-state index contributed by atoms with van der Waals surface area (Å²) in [5, 5.41) is 12.1. The van der Waals surface area contributed by atoms with E-state index < -0.39 is 0 Å². The molecule has 0 saturated heterocycles. The zero-order chi connectivity index (χ0) is 11.1. The second kappa shape index (κ2) is 5.34. The molecule has 0 unspecified atom stereocenters. The van der Waals surface area contributed by atoms with Gasteiger partial charge in [0.15, 0.2) is 0 Å². The Morgan fingerprint density at radius 2 is 2.27 bits per heavy atom. The van der Waals surface area contributed by atoms with Gasteiger partial charge >= 0.3 is 0 Å². The first-order valence-corrected chi connectivity index (χ1v) is 4.28. The third kappa shape index (κ3) is 3.08. The minimum absolute atomic E-state index is 0.120. The molecule has 0 heterocycles. The Balaban J connectivity index is 3.01. The van der Waals surface area contributed by atoms with Gasteiger partial charge in [-0.25, -0.2) is 0 Å². The van der Waals surface area contributed by atoms with Gasteiger partial charge in [0.2, 0.25) is 0 Å². The van der Waals surface area contributed by atoms with Gasteiger partial charge < -0.3 is 0 Å². The van der Waals surface area contributed by atoms with Crippen molar-refractivity contribution in [2.45, 2.75) is 6.92 Å². The van der Waals surface area contributed by atoms with Gasteiger partial charge in [0.1, 0.15) is 6.07 Å². The topological polar surface area (TPSA) is 72.5 Å². The van der Waals surface area contributed by atoms with E-state index in [0.29, 0.717) is 11.1 Å². The van der Waals surface area contributed by atoms with Crippen molar-refractivity contribution in [1.29, 1.82) is 5.26 Å². The third-order valence-electron chi connectivity index (χ3n) is 1.73. The van der Waals surface area contributed by atoms with Crippen LogP contribution >= 0.6 is 0 Å². The Morgan fingerprint density at radius 1 is 1.47 bits per heavy atom. The second-order valence-electron chi connectivity index (χ2n) is 2.85. The molecular weight excluding hydrogens is 188 g/mol. The highest BCUT2D eigenvalue weighted by Crippen LogP contribution is 2.08. The van der Waals surface area contributed by atoms with E-state index in [1.165, 1.54) is 0 Å². The normalized spacial score (nSPS) is 8.00. The molecule has 1 aromatic rings. The van der Waals surface area contributed by atoms with Crippen LogP contribution in [0.1, 0.15) is 16.7 Å². The van der Waals surface area contributed by atoms with Crippen molar-refractivity contribution >= 4 is 0 Å². The molecule has 0 atom stereocenters. The number of nitrogens with zero attached hydrogens (tertiary/aromatic N) is 4. The molecule has 0 aliphatic rings. The van der Waals surface area contributed by atoms with Crippen molar-refractivity contribution in [2.75, 3.05) is 6.54 Å². The molecule has 0 spiro atoms. The highest BCUT2D eigenvalue weighted by atomic mass is 15.1. The molecule has 72 valence electrons. The Morgan fingerprint density at radius 3 is 2.93 bits per heavy atom. The van der Waals surface area contributed by atoms with E-state index in [2.05, 4.69) is 27.9 Å². The van der Waals surface area contributed by atoms with Crippen LogP contribution in [0.4, 0.5) is 0 Å². The molecular formula is C11H8N4. The van der Waals surface area contributed by atoms with E-state index in [9.17, 15) is 0 Å². The lowest BCUT2D eigenvalue weighted by Gasteiger charge is -1.96. The van der Waals surface area contributed by atoms with Gasteiger partial charge in [-0.3, -0.25) is 0 Å². The van der Waals surface area contributed by atoms with Crippen LogP contribution < -0.4 is 0 Å².